The summed E-state index contributed by atoms with van der Waals surface area (Å²) in [6.45, 7) is 7.73. The summed E-state index contributed by atoms with van der Waals surface area (Å²) in [5, 5.41) is 11.3. The van der Waals surface area contributed by atoms with Crippen LogP contribution in [0.3, 0.4) is 0 Å². The molecule has 4 rings (SSSR count). The van der Waals surface area contributed by atoms with E-state index >= 15 is 0 Å². The second kappa shape index (κ2) is 10.1. The Morgan fingerprint density at radius 3 is 2.33 bits per heavy atom. The van der Waals surface area contributed by atoms with Crippen molar-refractivity contribution in [2.24, 2.45) is 0 Å². The van der Waals surface area contributed by atoms with Crippen molar-refractivity contribution in [1.82, 2.24) is 10.2 Å². The fourth-order valence-electron chi connectivity index (χ4n) is 4.38. The fourth-order valence-corrected chi connectivity index (χ4v) is 4.38. The Balaban J connectivity index is 0.000000481. The largest absolute Gasteiger partial charge is 0.481 e. The first-order valence-electron chi connectivity index (χ1n) is 10.2. The predicted octanol–water partition coefficient (Wildman–Crippen LogP) is 2.20. The van der Waals surface area contributed by atoms with E-state index in [-0.39, 0.29) is 0 Å². The Hall–Kier alpha value is -1.63. The highest BCUT2D eigenvalue weighted by Gasteiger charge is 2.35. The molecule has 0 amide bonds. The number of para-hydroxylation sites is 1. The van der Waals surface area contributed by atoms with Crippen LogP contribution < -0.4 is 10.2 Å². The minimum atomic E-state index is -0.833. The maximum Gasteiger partial charge on any atom is 0.300 e. The van der Waals surface area contributed by atoms with Gasteiger partial charge >= 0.3 is 0 Å². The molecular weight excluding hydrogens is 342 g/mol. The van der Waals surface area contributed by atoms with Gasteiger partial charge in [-0.3, -0.25) is 9.69 Å². The number of piperidine rings is 1. The van der Waals surface area contributed by atoms with Crippen molar-refractivity contribution in [2.75, 3.05) is 44.3 Å². The number of hydrogen-bond donors (Lipinski definition) is 2. The molecule has 0 spiro atoms. The van der Waals surface area contributed by atoms with Gasteiger partial charge in [0.05, 0.1) is 19.3 Å². The molecule has 1 aromatic carbocycles. The van der Waals surface area contributed by atoms with Crippen LogP contribution in [0.25, 0.3) is 0 Å². The van der Waals surface area contributed by atoms with Crippen LogP contribution in [0.5, 0.6) is 0 Å². The van der Waals surface area contributed by atoms with E-state index in [9.17, 15) is 0 Å². The number of nitrogens with one attached hydrogen (secondary N) is 1. The van der Waals surface area contributed by atoms with Gasteiger partial charge in [-0.2, -0.15) is 0 Å². The first-order chi connectivity index (χ1) is 13.1. The molecule has 150 valence electrons. The molecule has 0 unspecified atom stereocenters. The zero-order chi connectivity index (χ0) is 19.1. The van der Waals surface area contributed by atoms with E-state index in [0.29, 0.717) is 18.1 Å². The number of ether oxygens (including phenoxy) is 1. The van der Waals surface area contributed by atoms with Crippen molar-refractivity contribution in [3.8, 4) is 0 Å². The summed E-state index contributed by atoms with van der Waals surface area (Å²) in [5.41, 5.74) is 1.37. The highest BCUT2D eigenvalue weighted by Crippen LogP contribution is 2.23. The molecule has 2 N–H and O–H groups in total. The number of rotatable bonds is 4. The number of aliphatic carboxylic acids is 1. The molecule has 0 radical (unpaired) electrons. The number of likely N-dealkylation sites (tertiary alicyclic amines) is 1. The SMILES string of the molecule is CC(=O)O.c1ccc(N2CCC(N[C@H]3COC[C@@H]3N3CCCC3)CC2)cc1. The van der Waals surface area contributed by atoms with Crippen molar-refractivity contribution >= 4 is 11.7 Å². The Labute approximate surface area is 162 Å². The lowest BCUT2D eigenvalue weighted by atomic mass is 10.0. The quantitative estimate of drug-likeness (QED) is 0.841. The standard InChI is InChI=1S/C19H29N3O.C2H4O2/c1-2-6-17(7-3-1)21-12-8-16(9-13-21)20-18-14-23-15-19(18)22-10-4-5-11-22;1-2(3)4/h1-3,6-7,16,18-20H,4-5,8-15H2;1H3,(H,3,4)/t18-,19-;/m0./s1. The van der Waals surface area contributed by atoms with Gasteiger partial charge in [0.1, 0.15) is 0 Å². The molecule has 3 aliphatic heterocycles. The number of nitrogens with zero attached hydrogens (tertiary/aromatic N) is 2. The minimum absolute atomic E-state index is 0.529. The van der Waals surface area contributed by atoms with E-state index in [4.69, 9.17) is 14.6 Å². The van der Waals surface area contributed by atoms with Crippen LogP contribution in [0, 0.1) is 0 Å². The maximum absolute atomic E-state index is 9.00. The molecule has 6 nitrogen and oxygen atoms in total. The van der Waals surface area contributed by atoms with Gasteiger partial charge in [-0.25, -0.2) is 0 Å². The molecular formula is C21H33N3O3. The molecule has 0 aliphatic carbocycles. The van der Waals surface area contributed by atoms with E-state index in [1.165, 1.54) is 44.5 Å². The van der Waals surface area contributed by atoms with Crippen molar-refractivity contribution in [3.05, 3.63) is 30.3 Å². The van der Waals surface area contributed by atoms with Crippen LogP contribution in [0.2, 0.25) is 0 Å². The predicted molar refractivity (Wildman–Crippen MR) is 107 cm³/mol. The third kappa shape index (κ3) is 5.92. The molecule has 3 heterocycles. The van der Waals surface area contributed by atoms with Crippen LogP contribution in [0.4, 0.5) is 5.69 Å². The fraction of sp³-hybridized carbons (Fsp3) is 0.667. The molecule has 2 atom stereocenters. The summed E-state index contributed by atoms with van der Waals surface area (Å²) in [7, 11) is 0. The van der Waals surface area contributed by atoms with E-state index < -0.39 is 5.97 Å². The second-order valence-corrected chi connectivity index (χ2v) is 7.74. The van der Waals surface area contributed by atoms with Gasteiger partial charge < -0.3 is 20.1 Å². The molecule has 1 aromatic rings. The number of anilines is 1. The summed E-state index contributed by atoms with van der Waals surface area (Å²) in [6, 6.07) is 12.6. The maximum atomic E-state index is 9.00. The molecule has 0 bridgehead atoms. The molecule has 0 saturated carbocycles. The zero-order valence-corrected chi connectivity index (χ0v) is 16.3. The summed E-state index contributed by atoms with van der Waals surface area (Å²) in [5.74, 6) is -0.833. The Bertz CT molecular complexity index is 565. The Kier molecular flexibility index (Phi) is 7.50. The summed E-state index contributed by atoms with van der Waals surface area (Å²) < 4.78 is 5.80. The van der Waals surface area contributed by atoms with Crippen LogP contribution in [0.1, 0.15) is 32.6 Å². The number of hydrogen-bond acceptors (Lipinski definition) is 5. The van der Waals surface area contributed by atoms with Crippen LogP contribution in [0.15, 0.2) is 30.3 Å². The van der Waals surface area contributed by atoms with E-state index in [2.05, 4.69) is 45.4 Å². The number of carboxylic acids is 1. The third-order valence-electron chi connectivity index (χ3n) is 5.73. The van der Waals surface area contributed by atoms with Gasteiger partial charge in [0.25, 0.3) is 5.97 Å². The summed E-state index contributed by atoms with van der Waals surface area (Å²) >= 11 is 0. The highest BCUT2D eigenvalue weighted by atomic mass is 16.5. The van der Waals surface area contributed by atoms with Gasteiger partial charge in [-0.05, 0) is 50.9 Å². The molecule has 0 aromatic heterocycles. The lowest BCUT2D eigenvalue weighted by molar-refractivity contribution is -0.134. The van der Waals surface area contributed by atoms with Gasteiger partial charge in [0, 0.05) is 37.8 Å². The van der Waals surface area contributed by atoms with Gasteiger partial charge in [-0.15, -0.1) is 0 Å². The highest BCUT2D eigenvalue weighted by molar-refractivity contribution is 5.62. The molecule has 3 aliphatic rings. The summed E-state index contributed by atoms with van der Waals surface area (Å²) in [6.07, 6.45) is 5.19. The van der Waals surface area contributed by atoms with Crippen LogP contribution in [-0.4, -0.2) is 73.5 Å². The van der Waals surface area contributed by atoms with Crippen molar-refractivity contribution in [2.45, 2.75) is 50.7 Å². The topological polar surface area (TPSA) is 65.0 Å². The second-order valence-electron chi connectivity index (χ2n) is 7.74. The number of benzene rings is 1. The van der Waals surface area contributed by atoms with Gasteiger partial charge in [-0.1, -0.05) is 18.2 Å². The van der Waals surface area contributed by atoms with Crippen molar-refractivity contribution in [1.29, 1.82) is 0 Å². The lowest BCUT2D eigenvalue weighted by Gasteiger charge is -2.37. The smallest absolute Gasteiger partial charge is 0.300 e. The summed E-state index contributed by atoms with van der Waals surface area (Å²) in [4.78, 5) is 14.2. The van der Waals surface area contributed by atoms with Gasteiger partial charge in [0.2, 0.25) is 0 Å². The van der Waals surface area contributed by atoms with E-state index in [1.54, 1.807) is 0 Å². The molecule has 27 heavy (non-hydrogen) atoms. The van der Waals surface area contributed by atoms with Crippen LogP contribution in [-0.2, 0) is 9.53 Å². The average molecular weight is 376 g/mol. The third-order valence-corrected chi connectivity index (χ3v) is 5.73. The number of carbonyl (C=O) groups is 1. The van der Waals surface area contributed by atoms with Crippen molar-refractivity contribution in [3.63, 3.8) is 0 Å². The normalized spacial score (nSPS) is 26.6. The molecule has 6 heteroatoms. The first-order valence-corrected chi connectivity index (χ1v) is 10.2. The number of carboxylic acid groups (broad SMARTS) is 1. The Morgan fingerprint density at radius 2 is 1.70 bits per heavy atom. The molecule has 3 saturated heterocycles. The minimum Gasteiger partial charge on any atom is -0.481 e. The van der Waals surface area contributed by atoms with E-state index in [1.807, 2.05) is 0 Å². The zero-order valence-electron chi connectivity index (χ0n) is 16.3. The van der Waals surface area contributed by atoms with Crippen molar-refractivity contribution < 1.29 is 14.6 Å². The Morgan fingerprint density at radius 1 is 1.07 bits per heavy atom. The first kappa shape index (κ1) is 20.1. The van der Waals surface area contributed by atoms with Gasteiger partial charge in [0.15, 0.2) is 0 Å². The average Bonchev–Trinajstić information content (AvgIpc) is 3.34. The van der Waals surface area contributed by atoms with Crippen LogP contribution >= 0.6 is 0 Å². The van der Waals surface area contributed by atoms with E-state index in [0.717, 1.165) is 33.2 Å². The molecule has 3 fully saturated rings. The monoisotopic (exact) mass is 375 g/mol. The lowest BCUT2D eigenvalue weighted by Crippen LogP contribution is -2.53.